The van der Waals surface area contributed by atoms with Gasteiger partial charge in [-0.05, 0) is 75.9 Å². The zero-order valence-corrected chi connectivity index (χ0v) is 20.4. The lowest BCUT2D eigenvalue weighted by molar-refractivity contribution is -0.139. The summed E-state index contributed by atoms with van der Waals surface area (Å²) in [6.45, 7) is 0.220. The monoisotopic (exact) mass is 543 g/mol. The van der Waals surface area contributed by atoms with Crippen molar-refractivity contribution in [1.82, 2.24) is 4.90 Å². The largest absolute Gasteiger partial charge is 0.507 e. The molecule has 34 heavy (non-hydrogen) atoms. The molecule has 1 saturated heterocycles. The van der Waals surface area contributed by atoms with E-state index >= 15 is 0 Å². The van der Waals surface area contributed by atoms with Crippen molar-refractivity contribution in [3.05, 3.63) is 104 Å². The number of methoxy groups -OCH3 is 1. The molecule has 1 heterocycles. The minimum absolute atomic E-state index is 0.0511. The maximum atomic E-state index is 13.6. The van der Waals surface area contributed by atoms with Gasteiger partial charge in [-0.15, -0.1) is 0 Å². The second-order valence-electron chi connectivity index (χ2n) is 7.77. The minimum atomic E-state index is -0.867. The standard InChI is InChI=1S/C26H20BrClFNO4/c1-34-21-11-6-17(14-20(21)27)24(31)22-23(16-4-9-19(29)10-5-16)30(26(33)25(22)32)13-12-15-2-7-18(28)8-3-15/h2-11,14,23,31H,12-13H2,1H3/b24-22-. The number of amides is 1. The molecule has 1 atom stereocenters. The fourth-order valence-electron chi connectivity index (χ4n) is 3.97. The SMILES string of the molecule is COc1ccc(/C(O)=C2/C(=O)C(=O)N(CCc3ccc(Cl)cc3)C2c2ccc(F)cc2)cc1Br. The number of carbonyl (C=O) groups excluding carboxylic acids is 2. The molecule has 4 rings (SSSR count). The zero-order valence-electron chi connectivity index (χ0n) is 18.1. The number of carbonyl (C=O) groups is 2. The van der Waals surface area contributed by atoms with Crippen molar-refractivity contribution in [3.8, 4) is 5.75 Å². The van der Waals surface area contributed by atoms with Crippen LogP contribution < -0.4 is 4.74 Å². The molecule has 0 aliphatic carbocycles. The summed E-state index contributed by atoms with van der Waals surface area (Å²) in [7, 11) is 1.51. The van der Waals surface area contributed by atoms with Gasteiger partial charge in [0.1, 0.15) is 17.3 Å². The first-order valence-electron chi connectivity index (χ1n) is 10.4. The van der Waals surface area contributed by atoms with E-state index in [4.69, 9.17) is 16.3 Å². The van der Waals surface area contributed by atoms with E-state index in [1.165, 1.54) is 36.3 Å². The molecule has 8 heteroatoms. The van der Waals surface area contributed by atoms with Crippen molar-refractivity contribution in [2.75, 3.05) is 13.7 Å². The van der Waals surface area contributed by atoms with Crippen LogP contribution in [0, 0.1) is 5.82 Å². The highest BCUT2D eigenvalue weighted by atomic mass is 79.9. The number of ether oxygens (including phenoxy) is 1. The van der Waals surface area contributed by atoms with E-state index in [0.29, 0.717) is 32.8 Å². The van der Waals surface area contributed by atoms with Gasteiger partial charge in [-0.25, -0.2) is 4.39 Å². The Morgan fingerprint density at radius 1 is 1.09 bits per heavy atom. The molecule has 3 aromatic rings. The average Bonchev–Trinajstić information content (AvgIpc) is 3.08. The minimum Gasteiger partial charge on any atom is -0.507 e. The number of aliphatic hydroxyl groups is 1. The van der Waals surface area contributed by atoms with E-state index in [-0.39, 0.29) is 17.9 Å². The molecule has 0 bridgehead atoms. The van der Waals surface area contributed by atoms with Gasteiger partial charge in [-0.2, -0.15) is 0 Å². The Labute approximate surface area is 209 Å². The van der Waals surface area contributed by atoms with Crippen LogP contribution in [0.5, 0.6) is 5.75 Å². The molecule has 1 amide bonds. The highest BCUT2D eigenvalue weighted by molar-refractivity contribution is 9.10. The third-order valence-electron chi connectivity index (χ3n) is 5.71. The predicted octanol–water partition coefficient (Wildman–Crippen LogP) is 5.91. The number of ketones is 1. The second-order valence-corrected chi connectivity index (χ2v) is 9.06. The number of aliphatic hydroxyl groups excluding tert-OH is 1. The van der Waals surface area contributed by atoms with Crippen LogP contribution in [-0.4, -0.2) is 35.4 Å². The molecule has 1 aliphatic rings. The van der Waals surface area contributed by atoms with Crippen molar-refractivity contribution >= 4 is 45.0 Å². The lowest BCUT2D eigenvalue weighted by Crippen LogP contribution is -2.31. The summed E-state index contributed by atoms with van der Waals surface area (Å²) in [5.74, 6) is -1.73. The van der Waals surface area contributed by atoms with Crippen LogP contribution in [-0.2, 0) is 16.0 Å². The van der Waals surface area contributed by atoms with Crippen LogP contribution in [0.15, 0.2) is 76.8 Å². The molecule has 0 saturated carbocycles. The molecule has 5 nitrogen and oxygen atoms in total. The second kappa shape index (κ2) is 9.99. The Bertz CT molecular complexity index is 1270. The maximum Gasteiger partial charge on any atom is 0.295 e. The Hall–Kier alpha value is -3.16. The first-order chi connectivity index (χ1) is 16.3. The van der Waals surface area contributed by atoms with E-state index in [9.17, 15) is 19.1 Å². The molecule has 1 unspecified atom stereocenters. The molecule has 1 fully saturated rings. The van der Waals surface area contributed by atoms with E-state index in [1.54, 1.807) is 30.3 Å². The van der Waals surface area contributed by atoms with Crippen molar-refractivity contribution in [2.24, 2.45) is 0 Å². The predicted molar refractivity (Wildman–Crippen MR) is 131 cm³/mol. The summed E-state index contributed by atoms with van der Waals surface area (Å²) in [5, 5.41) is 11.7. The van der Waals surface area contributed by atoms with Gasteiger partial charge in [0.2, 0.25) is 0 Å². The third kappa shape index (κ3) is 4.72. The fraction of sp³-hybridized carbons (Fsp3) is 0.154. The number of nitrogens with zero attached hydrogens (tertiary/aromatic N) is 1. The zero-order chi connectivity index (χ0) is 24.4. The van der Waals surface area contributed by atoms with Gasteiger partial charge >= 0.3 is 0 Å². The van der Waals surface area contributed by atoms with Crippen molar-refractivity contribution in [3.63, 3.8) is 0 Å². The van der Waals surface area contributed by atoms with Gasteiger partial charge in [0.25, 0.3) is 11.7 Å². The van der Waals surface area contributed by atoms with Crippen molar-refractivity contribution < 1.29 is 23.8 Å². The smallest absolute Gasteiger partial charge is 0.295 e. The van der Waals surface area contributed by atoms with Crippen molar-refractivity contribution in [2.45, 2.75) is 12.5 Å². The molecule has 0 radical (unpaired) electrons. The summed E-state index contributed by atoms with van der Waals surface area (Å²) in [4.78, 5) is 27.6. The summed E-state index contributed by atoms with van der Waals surface area (Å²) in [6, 6.07) is 16.7. The quantitative estimate of drug-likeness (QED) is 0.238. The normalized spacial score (nSPS) is 17.3. The Kier molecular flexibility index (Phi) is 7.05. The van der Waals surface area contributed by atoms with Crippen LogP contribution in [0.3, 0.4) is 0 Å². The molecule has 1 aliphatic heterocycles. The number of hydrogen-bond donors (Lipinski definition) is 1. The van der Waals surface area contributed by atoms with E-state index < -0.39 is 23.5 Å². The summed E-state index contributed by atoms with van der Waals surface area (Å²) in [6.07, 6.45) is 0.468. The van der Waals surface area contributed by atoms with Gasteiger partial charge in [-0.3, -0.25) is 9.59 Å². The lowest BCUT2D eigenvalue weighted by atomic mass is 9.95. The van der Waals surface area contributed by atoms with Gasteiger partial charge in [0.15, 0.2) is 0 Å². The van der Waals surface area contributed by atoms with Crippen LogP contribution in [0.1, 0.15) is 22.7 Å². The summed E-state index contributed by atoms with van der Waals surface area (Å²) >= 11 is 9.33. The van der Waals surface area contributed by atoms with Gasteiger partial charge < -0.3 is 14.7 Å². The maximum absolute atomic E-state index is 13.6. The topological polar surface area (TPSA) is 66.8 Å². The van der Waals surface area contributed by atoms with E-state index in [0.717, 1.165) is 5.56 Å². The molecule has 174 valence electrons. The number of benzene rings is 3. The number of rotatable bonds is 6. The number of hydrogen-bond acceptors (Lipinski definition) is 4. The number of halogens is 3. The Balaban J connectivity index is 1.77. The highest BCUT2D eigenvalue weighted by Gasteiger charge is 2.45. The van der Waals surface area contributed by atoms with Gasteiger partial charge in [0.05, 0.1) is 23.2 Å². The third-order valence-corrected chi connectivity index (χ3v) is 6.58. The average molecular weight is 545 g/mol. The van der Waals surface area contributed by atoms with Crippen LogP contribution in [0.25, 0.3) is 5.76 Å². The van der Waals surface area contributed by atoms with Crippen LogP contribution in [0.2, 0.25) is 5.02 Å². The van der Waals surface area contributed by atoms with Crippen LogP contribution >= 0.6 is 27.5 Å². The Morgan fingerprint density at radius 3 is 2.38 bits per heavy atom. The van der Waals surface area contributed by atoms with Crippen LogP contribution in [0.4, 0.5) is 4.39 Å². The first kappa shape index (κ1) is 24.0. The van der Waals surface area contributed by atoms with Gasteiger partial charge in [0, 0.05) is 17.1 Å². The molecule has 0 spiro atoms. The number of Topliss-reactive ketones (excluding diaryl/α,β-unsaturated/α-hetero) is 1. The van der Waals surface area contributed by atoms with E-state index in [1.807, 2.05) is 12.1 Å². The van der Waals surface area contributed by atoms with Crippen molar-refractivity contribution in [1.29, 1.82) is 0 Å². The first-order valence-corrected chi connectivity index (χ1v) is 11.6. The highest BCUT2D eigenvalue weighted by Crippen LogP contribution is 2.40. The molecule has 0 aromatic heterocycles. The lowest BCUT2D eigenvalue weighted by Gasteiger charge is -2.25. The molecule has 3 aromatic carbocycles. The fourth-order valence-corrected chi connectivity index (χ4v) is 4.64. The number of likely N-dealkylation sites (tertiary alicyclic amines) is 1. The molecular formula is C26H20BrClFNO4. The summed E-state index contributed by atoms with van der Waals surface area (Å²) in [5.41, 5.74) is 1.74. The molecular weight excluding hydrogens is 525 g/mol. The van der Waals surface area contributed by atoms with E-state index in [2.05, 4.69) is 15.9 Å². The molecule has 1 N–H and O–H groups in total. The summed E-state index contributed by atoms with van der Waals surface area (Å²) < 4.78 is 19.4. The van der Waals surface area contributed by atoms with Gasteiger partial charge in [-0.1, -0.05) is 35.9 Å². The Morgan fingerprint density at radius 2 is 1.76 bits per heavy atom.